The lowest BCUT2D eigenvalue weighted by Crippen LogP contribution is -2.26. The number of nitrogens with zero attached hydrogens (tertiary/aromatic N) is 2. The molecule has 1 unspecified atom stereocenters. The van der Waals surface area contributed by atoms with Crippen LogP contribution in [0.25, 0.3) is 0 Å². The van der Waals surface area contributed by atoms with Gasteiger partial charge in [0.15, 0.2) is 5.79 Å². The van der Waals surface area contributed by atoms with Crippen molar-refractivity contribution in [3.63, 3.8) is 0 Å². The lowest BCUT2D eigenvalue weighted by atomic mass is 10.4. The Balaban J connectivity index is 1.80. The Hall–Kier alpha value is -1.20. The third-order valence-electron chi connectivity index (χ3n) is 2.12. The molecule has 15 heavy (non-hydrogen) atoms. The van der Waals surface area contributed by atoms with Crippen molar-refractivity contribution < 1.29 is 9.47 Å². The number of hydrogen-bond acceptors (Lipinski definition) is 5. The summed E-state index contributed by atoms with van der Waals surface area (Å²) in [7, 11) is 0. The second-order valence-corrected chi connectivity index (χ2v) is 3.90. The van der Waals surface area contributed by atoms with Crippen LogP contribution in [0.1, 0.15) is 13.8 Å². The minimum absolute atomic E-state index is 0.0591. The first-order valence-electron chi connectivity index (χ1n) is 4.98. The molecule has 0 aromatic carbocycles. The summed E-state index contributed by atoms with van der Waals surface area (Å²) in [4.78, 5) is 8.11. The lowest BCUT2D eigenvalue weighted by molar-refractivity contribution is -0.136. The summed E-state index contributed by atoms with van der Waals surface area (Å²) in [5, 5.41) is 3.10. The van der Waals surface area contributed by atoms with E-state index in [0.29, 0.717) is 19.1 Å². The minimum Gasteiger partial charge on any atom is -0.352 e. The molecule has 5 heteroatoms. The van der Waals surface area contributed by atoms with Gasteiger partial charge in [0.05, 0.1) is 6.61 Å². The van der Waals surface area contributed by atoms with Crippen molar-refractivity contribution in [3.05, 3.63) is 18.5 Å². The van der Waals surface area contributed by atoms with E-state index in [2.05, 4.69) is 15.3 Å². The van der Waals surface area contributed by atoms with Gasteiger partial charge in [-0.05, 0) is 19.9 Å². The van der Waals surface area contributed by atoms with Crippen molar-refractivity contribution in [3.8, 4) is 0 Å². The van der Waals surface area contributed by atoms with Crippen LogP contribution in [0, 0.1) is 0 Å². The van der Waals surface area contributed by atoms with Gasteiger partial charge in [-0.3, -0.25) is 0 Å². The first kappa shape index (κ1) is 10.3. The monoisotopic (exact) mass is 209 g/mol. The summed E-state index contributed by atoms with van der Waals surface area (Å²) in [6.07, 6.45) is 3.46. The van der Waals surface area contributed by atoms with Crippen molar-refractivity contribution in [2.24, 2.45) is 0 Å². The molecular formula is C10H15N3O2. The molecule has 0 bridgehead atoms. The van der Waals surface area contributed by atoms with Crippen LogP contribution in [-0.2, 0) is 9.47 Å². The van der Waals surface area contributed by atoms with Gasteiger partial charge in [-0.2, -0.15) is 0 Å². The molecule has 1 aromatic heterocycles. The van der Waals surface area contributed by atoms with Crippen molar-refractivity contribution in [2.75, 3.05) is 18.5 Å². The Bertz CT molecular complexity index is 316. The van der Waals surface area contributed by atoms with Gasteiger partial charge in [-0.25, -0.2) is 9.97 Å². The zero-order valence-electron chi connectivity index (χ0n) is 8.93. The molecule has 82 valence electrons. The predicted molar refractivity (Wildman–Crippen MR) is 55.4 cm³/mol. The van der Waals surface area contributed by atoms with E-state index < -0.39 is 5.79 Å². The van der Waals surface area contributed by atoms with Gasteiger partial charge in [0.2, 0.25) is 5.95 Å². The molecule has 2 heterocycles. The van der Waals surface area contributed by atoms with Crippen LogP contribution >= 0.6 is 0 Å². The molecule has 1 N–H and O–H groups in total. The van der Waals surface area contributed by atoms with Crippen LogP contribution in [0.15, 0.2) is 18.5 Å². The zero-order valence-corrected chi connectivity index (χ0v) is 8.93. The first-order chi connectivity index (χ1) is 7.16. The molecule has 1 aromatic rings. The van der Waals surface area contributed by atoms with Crippen molar-refractivity contribution in [2.45, 2.75) is 25.7 Å². The Labute approximate surface area is 88.8 Å². The van der Waals surface area contributed by atoms with E-state index >= 15 is 0 Å². The standard InChI is InChI=1S/C10H15N3O2/c1-10(2)14-7-8(15-10)6-13-9-11-4-3-5-12-9/h3-5,8H,6-7H2,1-2H3,(H,11,12,13). The summed E-state index contributed by atoms with van der Waals surface area (Å²) in [6.45, 7) is 5.08. The fraction of sp³-hybridized carbons (Fsp3) is 0.600. The fourth-order valence-electron chi connectivity index (χ4n) is 1.46. The van der Waals surface area contributed by atoms with Gasteiger partial charge in [-0.15, -0.1) is 0 Å². The van der Waals surface area contributed by atoms with Crippen molar-refractivity contribution in [1.82, 2.24) is 9.97 Å². The number of anilines is 1. The van der Waals surface area contributed by atoms with Crippen LogP contribution in [0.2, 0.25) is 0 Å². The molecule has 1 saturated heterocycles. The van der Waals surface area contributed by atoms with Gasteiger partial charge in [0, 0.05) is 18.9 Å². The van der Waals surface area contributed by atoms with Gasteiger partial charge in [-0.1, -0.05) is 0 Å². The van der Waals surface area contributed by atoms with E-state index in [-0.39, 0.29) is 6.10 Å². The maximum absolute atomic E-state index is 5.63. The molecule has 2 rings (SSSR count). The molecule has 1 aliphatic heterocycles. The third kappa shape index (κ3) is 2.87. The van der Waals surface area contributed by atoms with E-state index in [1.165, 1.54) is 0 Å². The largest absolute Gasteiger partial charge is 0.352 e. The average molecular weight is 209 g/mol. The normalized spacial score (nSPS) is 24.0. The Morgan fingerprint density at radius 3 is 2.80 bits per heavy atom. The number of ether oxygens (including phenoxy) is 2. The number of nitrogens with one attached hydrogen (secondary N) is 1. The second-order valence-electron chi connectivity index (χ2n) is 3.90. The van der Waals surface area contributed by atoms with E-state index in [9.17, 15) is 0 Å². The van der Waals surface area contributed by atoms with Gasteiger partial charge < -0.3 is 14.8 Å². The van der Waals surface area contributed by atoms with Crippen LogP contribution in [0.5, 0.6) is 0 Å². The highest BCUT2D eigenvalue weighted by Gasteiger charge is 2.32. The van der Waals surface area contributed by atoms with Gasteiger partial charge >= 0.3 is 0 Å². The summed E-state index contributed by atoms with van der Waals surface area (Å²) < 4.78 is 11.1. The maximum Gasteiger partial charge on any atom is 0.222 e. The van der Waals surface area contributed by atoms with E-state index in [0.717, 1.165) is 0 Å². The predicted octanol–water partition coefficient (Wildman–Crippen LogP) is 1.04. The Kier molecular flexibility index (Phi) is 2.83. The van der Waals surface area contributed by atoms with E-state index in [1.54, 1.807) is 18.5 Å². The number of aromatic nitrogens is 2. The molecule has 0 spiro atoms. The SMILES string of the molecule is CC1(C)OCC(CNc2ncccn2)O1. The first-order valence-corrected chi connectivity index (χ1v) is 4.98. The quantitative estimate of drug-likeness (QED) is 0.806. The Morgan fingerprint density at radius 2 is 2.20 bits per heavy atom. The van der Waals surface area contributed by atoms with E-state index in [4.69, 9.17) is 9.47 Å². The maximum atomic E-state index is 5.63. The van der Waals surface area contributed by atoms with Crippen LogP contribution in [0.4, 0.5) is 5.95 Å². The van der Waals surface area contributed by atoms with Gasteiger partial charge in [0.25, 0.3) is 0 Å². The molecular weight excluding hydrogens is 194 g/mol. The minimum atomic E-state index is -0.468. The lowest BCUT2D eigenvalue weighted by Gasteiger charge is -2.17. The van der Waals surface area contributed by atoms with Crippen LogP contribution in [-0.4, -0.2) is 35.0 Å². The third-order valence-corrected chi connectivity index (χ3v) is 2.12. The highest BCUT2D eigenvalue weighted by Crippen LogP contribution is 2.22. The average Bonchev–Trinajstić information content (AvgIpc) is 2.57. The highest BCUT2D eigenvalue weighted by molar-refractivity contribution is 5.22. The van der Waals surface area contributed by atoms with Gasteiger partial charge in [0.1, 0.15) is 6.10 Å². The summed E-state index contributed by atoms with van der Waals surface area (Å²) >= 11 is 0. The molecule has 1 fully saturated rings. The molecule has 0 radical (unpaired) electrons. The molecule has 0 saturated carbocycles. The second kappa shape index (κ2) is 4.12. The van der Waals surface area contributed by atoms with Crippen LogP contribution < -0.4 is 5.32 Å². The molecule has 0 amide bonds. The summed E-state index contributed by atoms with van der Waals surface area (Å²) in [5.41, 5.74) is 0. The number of rotatable bonds is 3. The van der Waals surface area contributed by atoms with Crippen LogP contribution in [0.3, 0.4) is 0 Å². The molecule has 5 nitrogen and oxygen atoms in total. The topological polar surface area (TPSA) is 56.3 Å². The fourth-order valence-corrected chi connectivity index (χ4v) is 1.46. The molecule has 1 atom stereocenters. The Morgan fingerprint density at radius 1 is 1.47 bits per heavy atom. The van der Waals surface area contributed by atoms with Crippen molar-refractivity contribution in [1.29, 1.82) is 0 Å². The summed E-state index contributed by atoms with van der Waals surface area (Å²) in [6, 6.07) is 1.78. The molecule has 0 aliphatic carbocycles. The number of hydrogen-bond donors (Lipinski definition) is 1. The molecule has 1 aliphatic rings. The smallest absolute Gasteiger partial charge is 0.222 e. The summed E-state index contributed by atoms with van der Waals surface area (Å²) in [5.74, 6) is 0.148. The zero-order chi connectivity index (χ0) is 10.7. The van der Waals surface area contributed by atoms with E-state index in [1.807, 2.05) is 13.8 Å². The van der Waals surface area contributed by atoms with Crippen molar-refractivity contribution >= 4 is 5.95 Å². The highest BCUT2D eigenvalue weighted by atomic mass is 16.7.